The Kier molecular flexibility index (Phi) is 1.00. The Morgan fingerprint density at radius 1 is 1.50 bits per heavy atom. The largest absolute Gasteiger partial charge is 0.361 e. The number of aromatic nitrogens is 2. The highest BCUT2D eigenvalue weighted by Crippen LogP contribution is 2.23. The van der Waals surface area contributed by atoms with Crippen molar-refractivity contribution in [1.29, 1.82) is 0 Å². The molecule has 0 unspecified atom stereocenters. The minimum atomic E-state index is 0.270. The van der Waals surface area contributed by atoms with Gasteiger partial charge in [0.1, 0.15) is 6.33 Å². The van der Waals surface area contributed by atoms with E-state index in [1.165, 1.54) is 6.33 Å². The zero-order chi connectivity index (χ0) is 6.97. The SMILES string of the molecule is C[C@H]1Nc2cncnc2N1. The average Bonchev–Trinajstić information content (AvgIpc) is 2.27. The second-order valence-electron chi connectivity index (χ2n) is 2.30. The Hall–Kier alpha value is -1.32. The van der Waals surface area contributed by atoms with E-state index in [1.54, 1.807) is 6.20 Å². The van der Waals surface area contributed by atoms with Crippen LogP contribution < -0.4 is 10.6 Å². The van der Waals surface area contributed by atoms with Crippen molar-refractivity contribution in [2.45, 2.75) is 13.1 Å². The summed E-state index contributed by atoms with van der Waals surface area (Å²) in [4.78, 5) is 7.90. The lowest BCUT2D eigenvalue weighted by molar-refractivity contribution is 0.951. The second-order valence-corrected chi connectivity index (χ2v) is 2.30. The topological polar surface area (TPSA) is 49.8 Å². The highest BCUT2D eigenvalue weighted by molar-refractivity contribution is 5.68. The molecule has 4 heteroatoms. The lowest BCUT2D eigenvalue weighted by Gasteiger charge is -2.00. The van der Waals surface area contributed by atoms with Gasteiger partial charge in [0, 0.05) is 0 Å². The summed E-state index contributed by atoms with van der Waals surface area (Å²) in [5, 5.41) is 6.30. The van der Waals surface area contributed by atoms with Crippen molar-refractivity contribution >= 4 is 11.5 Å². The van der Waals surface area contributed by atoms with E-state index < -0.39 is 0 Å². The van der Waals surface area contributed by atoms with Gasteiger partial charge in [-0.3, -0.25) is 0 Å². The molecule has 1 aromatic rings. The molecule has 1 aliphatic heterocycles. The van der Waals surface area contributed by atoms with E-state index >= 15 is 0 Å². The van der Waals surface area contributed by atoms with Crippen molar-refractivity contribution in [1.82, 2.24) is 9.97 Å². The first-order chi connectivity index (χ1) is 4.86. The van der Waals surface area contributed by atoms with Crippen LogP contribution in [-0.2, 0) is 0 Å². The first-order valence-electron chi connectivity index (χ1n) is 3.19. The van der Waals surface area contributed by atoms with Crippen LogP contribution in [0.4, 0.5) is 11.5 Å². The van der Waals surface area contributed by atoms with Gasteiger partial charge in [0.25, 0.3) is 0 Å². The summed E-state index contributed by atoms with van der Waals surface area (Å²) >= 11 is 0. The van der Waals surface area contributed by atoms with Crippen LogP contribution in [0.5, 0.6) is 0 Å². The molecule has 0 saturated carbocycles. The summed E-state index contributed by atoms with van der Waals surface area (Å²) in [6, 6.07) is 0. The van der Waals surface area contributed by atoms with Gasteiger partial charge in [-0.05, 0) is 6.92 Å². The Morgan fingerprint density at radius 2 is 2.40 bits per heavy atom. The van der Waals surface area contributed by atoms with E-state index in [4.69, 9.17) is 0 Å². The number of rotatable bonds is 0. The Morgan fingerprint density at radius 3 is 3.20 bits per heavy atom. The lowest BCUT2D eigenvalue weighted by atomic mass is 10.5. The predicted molar refractivity (Wildman–Crippen MR) is 38.7 cm³/mol. The van der Waals surface area contributed by atoms with Gasteiger partial charge < -0.3 is 10.6 Å². The number of hydrogen-bond acceptors (Lipinski definition) is 4. The molecule has 2 rings (SSSR count). The van der Waals surface area contributed by atoms with E-state index in [2.05, 4.69) is 20.6 Å². The minimum Gasteiger partial charge on any atom is -0.361 e. The van der Waals surface area contributed by atoms with Crippen molar-refractivity contribution in [2.24, 2.45) is 0 Å². The molecule has 2 N–H and O–H groups in total. The molecule has 0 radical (unpaired) electrons. The maximum atomic E-state index is 4.02. The van der Waals surface area contributed by atoms with Crippen LogP contribution >= 0.6 is 0 Å². The molecule has 2 heterocycles. The van der Waals surface area contributed by atoms with Crippen molar-refractivity contribution in [3.05, 3.63) is 12.5 Å². The van der Waals surface area contributed by atoms with Gasteiger partial charge in [-0.1, -0.05) is 0 Å². The number of hydrogen-bond donors (Lipinski definition) is 2. The third-order valence-electron chi connectivity index (χ3n) is 1.44. The summed E-state index contributed by atoms with van der Waals surface area (Å²) in [6.07, 6.45) is 3.57. The fraction of sp³-hybridized carbons (Fsp3) is 0.333. The van der Waals surface area contributed by atoms with Crippen LogP contribution in [0.1, 0.15) is 6.92 Å². The highest BCUT2D eigenvalue weighted by Gasteiger charge is 2.14. The van der Waals surface area contributed by atoms with Gasteiger partial charge in [0.2, 0.25) is 0 Å². The highest BCUT2D eigenvalue weighted by atomic mass is 15.2. The van der Waals surface area contributed by atoms with Crippen LogP contribution in [-0.4, -0.2) is 16.1 Å². The summed E-state index contributed by atoms with van der Waals surface area (Å²) in [5.74, 6) is 0.891. The monoisotopic (exact) mass is 136 g/mol. The normalized spacial score (nSPS) is 21.1. The lowest BCUT2D eigenvalue weighted by Crippen LogP contribution is -2.16. The van der Waals surface area contributed by atoms with E-state index in [1.807, 2.05) is 6.92 Å². The molecule has 0 aromatic carbocycles. The van der Waals surface area contributed by atoms with Crippen LogP contribution in [0.3, 0.4) is 0 Å². The molecule has 1 aromatic heterocycles. The quantitative estimate of drug-likeness (QED) is 0.550. The van der Waals surface area contributed by atoms with Crippen LogP contribution in [0.15, 0.2) is 12.5 Å². The molecule has 0 amide bonds. The van der Waals surface area contributed by atoms with Crippen molar-refractivity contribution in [2.75, 3.05) is 10.6 Å². The maximum absolute atomic E-state index is 4.02. The number of nitrogens with zero attached hydrogens (tertiary/aromatic N) is 2. The van der Waals surface area contributed by atoms with Gasteiger partial charge in [-0.25, -0.2) is 9.97 Å². The molecule has 52 valence electrons. The van der Waals surface area contributed by atoms with Crippen molar-refractivity contribution in [3.8, 4) is 0 Å². The smallest absolute Gasteiger partial charge is 0.154 e. The summed E-state index contributed by atoms with van der Waals surface area (Å²) < 4.78 is 0. The van der Waals surface area contributed by atoms with Crippen molar-refractivity contribution in [3.63, 3.8) is 0 Å². The molecule has 0 bridgehead atoms. The molecule has 1 atom stereocenters. The minimum absolute atomic E-state index is 0.270. The van der Waals surface area contributed by atoms with E-state index in [-0.39, 0.29) is 6.17 Å². The first kappa shape index (κ1) is 5.46. The molecule has 0 fully saturated rings. The Balaban J connectivity index is 2.42. The average molecular weight is 136 g/mol. The van der Waals surface area contributed by atoms with Gasteiger partial charge in [-0.2, -0.15) is 0 Å². The third-order valence-corrected chi connectivity index (χ3v) is 1.44. The molecule has 0 saturated heterocycles. The first-order valence-corrected chi connectivity index (χ1v) is 3.19. The van der Waals surface area contributed by atoms with E-state index in [0.29, 0.717) is 0 Å². The van der Waals surface area contributed by atoms with E-state index in [9.17, 15) is 0 Å². The number of fused-ring (bicyclic) bond motifs is 1. The third kappa shape index (κ3) is 0.689. The summed E-state index contributed by atoms with van der Waals surface area (Å²) in [5.41, 5.74) is 0.981. The van der Waals surface area contributed by atoms with Crippen LogP contribution in [0.25, 0.3) is 0 Å². The fourth-order valence-corrected chi connectivity index (χ4v) is 1.02. The predicted octanol–water partition coefficient (Wildman–Crippen LogP) is 0.660. The zero-order valence-corrected chi connectivity index (χ0v) is 5.63. The molecular formula is C6H8N4. The Bertz CT molecular complexity index is 222. The maximum Gasteiger partial charge on any atom is 0.154 e. The van der Waals surface area contributed by atoms with Gasteiger partial charge >= 0.3 is 0 Å². The number of nitrogens with one attached hydrogen (secondary N) is 2. The second kappa shape index (κ2) is 1.83. The molecule has 1 aliphatic rings. The van der Waals surface area contributed by atoms with Crippen molar-refractivity contribution < 1.29 is 0 Å². The Labute approximate surface area is 58.7 Å². The number of anilines is 2. The van der Waals surface area contributed by atoms with Gasteiger partial charge in [-0.15, -0.1) is 0 Å². The molecule has 4 nitrogen and oxygen atoms in total. The van der Waals surface area contributed by atoms with Crippen LogP contribution in [0.2, 0.25) is 0 Å². The molecule has 10 heavy (non-hydrogen) atoms. The molecule has 0 aliphatic carbocycles. The summed E-state index contributed by atoms with van der Waals surface area (Å²) in [7, 11) is 0. The summed E-state index contributed by atoms with van der Waals surface area (Å²) in [6.45, 7) is 2.03. The van der Waals surface area contributed by atoms with E-state index in [0.717, 1.165) is 11.5 Å². The fourth-order valence-electron chi connectivity index (χ4n) is 1.02. The zero-order valence-electron chi connectivity index (χ0n) is 5.63. The van der Waals surface area contributed by atoms with Gasteiger partial charge in [0.05, 0.1) is 18.1 Å². The standard InChI is InChI=1S/C6H8N4/c1-4-9-5-2-7-3-8-6(5)10-4/h2-4,9H,1H3,(H,7,8,10)/t4-/m0/s1. The molecule has 0 spiro atoms. The van der Waals surface area contributed by atoms with Crippen LogP contribution in [0, 0.1) is 0 Å². The van der Waals surface area contributed by atoms with Gasteiger partial charge in [0.15, 0.2) is 5.82 Å². The molecular weight excluding hydrogens is 128 g/mol.